The molecule has 0 aliphatic heterocycles. The van der Waals surface area contributed by atoms with Crippen LogP contribution in [-0.4, -0.2) is 116 Å². The van der Waals surface area contributed by atoms with Crippen LogP contribution in [0, 0.1) is 20.2 Å². The first kappa shape index (κ1) is 64.3. The van der Waals surface area contributed by atoms with Crippen molar-refractivity contribution in [2.45, 2.75) is 34.3 Å². The van der Waals surface area contributed by atoms with E-state index < -0.39 is 216 Å². The molecule has 8 aromatic rings. The maximum atomic E-state index is 13.1. The Morgan fingerprint density at radius 1 is 0.352 bits per heavy atom. The molecule has 0 amide bonds. The molecule has 88 heavy (non-hydrogen) atoms. The van der Waals surface area contributed by atoms with E-state index in [1.807, 2.05) is 0 Å². The van der Waals surface area contributed by atoms with Crippen LogP contribution in [0.1, 0.15) is 0 Å². The van der Waals surface area contributed by atoms with Crippen molar-refractivity contribution in [3.05, 3.63) is 111 Å². The number of nitro groups is 2. The van der Waals surface area contributed by atoms with E-state index in [1.54, 1.807) is 0 Å². The second kappa shape index (κ2) is 22.2. The van der Waals surface area contributed by atoms with Crippen LogP contribution in [0.5, 0.6) is 17.2 Å². The molecule has 0 radical (unpaired) electrons. The number of nitrogen functional groups attached to an aromatic ring is 1. The zero-order valence-electron chi connectivity index (χ0n) is 41.9. The first-order valence-electron chi connectivity index (χ1n) is 22.2. The van der Waals surface area contributed by atoms with Crippen LogP contribution in [0.3, 0.4) is 0 Å². The molecule has 8 aromatic carbocycles. The maximum absolute atomic E-state index is 13.1. The van der Waals surface area contributed by atoms with Crippen LogP contribution in [0.25, 0.3) is 32.3 Å². The monoisotopic (exact) mass is 1360 g/mol. The summed E-state index contributed by atoms with van der Waals surface area (Å²) in [7, 11) is -38.9. The molecule has 8 rings (SSSR count). The summed E-state index contributed by atoms with van der Waals surface area (Å²) < 4.78 is 247. The zero-order chi connectivity index (χ0) is 65.5. The van der Waals surface area contributed by atoms with Gasteiger partial charge >= 0.3 is 0 Å². The van der Waals surface area contributed by atoms with Crippen molar-refractivity contribution in [2.24, 2.45) is 40.9 Å². The molecular weight excluding hydrogens is 1330 g/mol. The van der Waals surface area contributed by atoms with Gasteiger partial charge in [-0.3, -0.25) is 52.1 Å². The molecule has 0 bridgehead atoms. The molecule has 39 nitrogen and oxygen atoms in total. The summed E-state index contributed by atoms with van der Waals surface area (Å²) >= 11 is 0. The third-order valence-corrected chi connectivity index (χ3v) is 18.0. The molecule has 0 heterocycles. The zero-order valence-corrected chi connectivity index (χ0v) is 47.6. The molecule has 0 aromatic heterocycles. The van der Waals surface area contributed by atoms with Gasteiger partial charge in [-0.05, 0) is 77.5 Å². The summed E-state index contributed by atoms with van der Waals surface area (Å²) in [5.74, 6) is -3.96. The molecule has 0 saturated heterocycles. The van der Waals surface area contributed by atoms with Gasteiger partial charge < -0.3 is 21.1 Å². The lowest BCUT2D eigenvalue weighted by Gasteiger charge is -2.14. The minimum Gasteiger partial charge on any atom is -0.505 e. The van der Waals surface area contributed by atoms with Crippen LogP contribution in [0.4, 0.5) is 62.6 Å². The number of hydrogen-bond acceptors (Lipinski definition) is 30. The van der Waals surface area contributed by atoms with Gasteiger partial charge in [-0.1, -0.05) is 0 Å². The Kier molecular flexibility index (Phi) is 16.2. The van der Waals surface area contributed by atoms with Crippen molar-refractivity contribution in [3.8, 4) is 17.2 Å². The topological polar surface area (TPSA) is 652 Å². The van der Waals surface area contributed by atoms with Crippen molar-refractivity contribution in [3.63, 3.8) is 0 Å². The van der Waals surface area contributed by atoms with Crippen molar-refractivity contribution in [2.75, 3.05) is 5.73 Å². The van der Waals surface area contributed by atoms with Crippen molar-refractivity contribution in [1.29, 1.82) is 0 Å². The van der Waals surface area contributed by atoms with E-state index in [1.165, 1.54) is 0 Å². The maximum Gasteiger partial charge on any atom is 0.297 e. The van der Waals surface area contributed by atoms with Gasteiger partial charge in [-0.15, -0.1) is 35.8 Å². The van der Waals surface area contributed by atoms with Crippen LogP contribution < -0.4 is 5.73 Å². The second-order valence-corrected chi connectivity index (χ2v) is 27.0. The SMILES string of the molecule is Nc1c(N=Nc2ccc3c(O)c(N=Nc4ccc([N+](=O)[O-])cc4S(=O)(=O)O)c(S(=O)(=O)O)cc3c2S(=O)(=O)O)c(S(=O)(=O)O)cc2cc(S(=O)(=O)O)c(N=Nc3ccc4c(O)c(N=Nc5ccc([N+](=O)[O-])cc5S(=O)(=O)O)c(S(=O)(=O)O)cc4c3)c(O)c12. The predicted molar refractivity (Wildman–Crippen MR) is 293 cm³/mol. The molecule has 0 aliphatic rings. The smallest absolute Gasteiger partial charge is 0.297 e. The normalized spacial score (nSPS) is 13.3. The van der Waals surface area contributed by atoms with Gasteiger partial charge in [-0.2, -0.15) is 64.0 Å². The van der Waals surface area contributed by atoms with Gasteiger partial charge in [0.15, 0.2) is 17.2 Å². The molecule has 0 fully saturated rings. The fourth-order valence-corrected chi connectivity index (χ4v) is 12.8. The Balaban J connectivity index is 1.27. The van der Waals surface area contributed by atoms with Gasteiger partial charge in [0.05, 0.1) is 26.6 Å². The quantitative estimate of drug-likeness (QED) is 0.0135. The molecule has 460 valence electrons. The van der Waals surface area contributed by atoms with E-state index >= 15 is 0 Å². The third-order valence-electron chi connectivity index (χ3n) is 11.8. The number of phenols is 3. The third kappa shape index (κ3) is 12.7. The van der Waals surface area contributed by atoms with Gasteiger partial charge in [0.25, 0.3) is 82.2 Å². The van der Waals surface area contributed by atoms with Crippen LogP contribution in [0.15, 0.2) is 166 Å². The largest absolute Gasteiger partial charge is 0.505 e. The number of fused-ring (bicyclic) bond motifs is 3. The first-order valence-corrected chi connectivity index (χ1v) is 32.3. The summed E-state index contributed by atoms with van der Waals surface area (Å²) in [5.41, 5.74) is -4.89. The molecule has 0 atom stereocenters. The molecule has 12 N–H and O–H groups in total. The summed E-state index contributed by atoms with van der Waals surface area (Å²) in [4.78, 5) is 10.7. The molecule has 0 aliphatic carbocycles. The number of azo groups is 4. The minimum absolute atomic E-state index is 0.222. The average molecular weight is 1360 g/mol. The number of anilines is 1. The highest BCUT2D eigenvalue weighted by atomic mass is 32.2. The van der Waals surface area contributed by atoms with Crippen molar-refractivity contribution >= 4 is 166 Å². The number of aromatic hydroxyl groups is 3. The summed E-state index contributed by atoms with van der Waals surface area (Å²) in [6.45, 7) is 0. The number of non-ortho nitro benzene ring substituents is 2. The predicted octanol–water partition coefficient (Wildman–Crippen LogP) is 8.05. The number of nitro benzene ring substituents is 2. The van der Waals surface area contributed by atoms with Gasteiger partial charge in [0.2, 0.25) is 0 Å². The van der Waals surface area contributed by atoms with Crippen molar-refractivity contribution < 1.29 is 116 Å². The fourth-order valence-electron chi connectivity index (χ4n) is 8.05. The molecule has 0 saturated carbocycles. The van der Waals surface area contributed by atoms with Crippen LogP contribution in [0.2, 0.25) is 0 Å². The van der Waals surface area contributed by atoms with E-state index in [9.17, 15) is 126 Å². The lowest BCUT2D eigenvalue weighted by molar-refractivity contribution is -0.385. The number of benzene rings is 8. The van der Waals surface area contributed by atoms with E-state index in [0.29, 0.717) is 60.7 Å². The first-order chi connectivity index (χ1) is 40.4. The number of nitrogens with zero attached hydrogens (tertiary/aromatic N) is 10. The molecule has 0 unspecified atom stereocenters. The molecular formula is C42H27N11O28S7. The second-order valence-electron chi connectivity index (χ2n) is 17.3. The number of rotatable bonds is 17. The highest BCUT2D eigenvalue weighted by Gasteiger charge is 2.32. The highest BCUT2D eigenvalue weighted by Crippen LogP contribution is 2.51. The Labute approximate surface area is 488 Å². The van der Waals surface area contributed by atoms with Crippen LogP contribution >= 0.6 is 0 Å². The highest BCUT2D eigenvalue weighted by molar-refractivity contribution is 7.87. The molecule has 0 spiro atoms. The summed E-state index contributed by atoms with van der Waals surface area (Å²) in [5, 5.41) is 80.6. The number of nitrogens with two attached hydrogens (primary N) is 1. The Hall–Kier alpha value is -9.69. The lowest BCUT2D eigenvalue weighted by Crippen LogP contribution is -2.04. The summed E-state index contributed by atoms with van der Waals surface area (Å²) in [6, 6.07) is 9.03. The van der Waals surface area contributed by atoms with Gasteiger partial charge in [0.1, 0.15) is 74.1 Å². The van der Waals surface area contributed by atoms with E-state index in [4.69, 9.17) is 5.73 Å². The van der Waals surface area contributed by atoms with Crippen LogP contribution in [-0.2, 0) is 70.8 Å². The van der Waals surface area contributed by atoms with Crippen molar-refractivity contribution in [1.82, 2.24) is 0 Å². The van der Waals surface area contributed by atoms with E-state index in [-0.39, 0.29) is 16.8 Å². The lowest BCUT2D eigenvalue weighted by atomic mass is 10.0. The standard InChI is InChI=1S/C42H27N11O28S7/c43-34-33-17(12-31(86(73,74)75)38(41(33)56)49-44-18-1-4-21-16(9-18)10-30(85(70,71)72)36(39(21)54)50-45-24-6-2-19(52(57)58)13-27(24)82(61,62)63)11-29(84(67,68)69)35(34)48-47-26-8-5-22-23(42(26)88(79,80)81)15-32(87(76,77)78)37(40(22)55)51-46-25-7-3-20(53(59)60)14-28(25)83(64,65)66/h1-15,54-56H,43H2,(H,61,62,63)(H,64,65,66)(H,67,68,69)(H,70,71,72)(H,73,74,75)(H,76,77,78)(H,79,80,81). The number of hydrogen-bond donors (Lipinski definition) is 11. The molecule has 46 heteroatoms. The van der Waals surface area contributed by atoms with E-state index in [0.717, 1.165) is 24.3 Å². The Bertz CT molecular complexity index is 5470. The fraction of sp³-hybridized carbons (Fsp3) is 0. The summed E-state index contributed by atoms with van der Waals surface area (Å²) in [6.07, 6.45) is 0. The number of phenolic OH excluding ortho intramolecular Hbond substituents is 3. The Morgan fingerprint density at radius 2 is 0.716 bits per heavy atom. The van der Waals surface area contributed by atoms with Gasteiger partial charge in [-0.25, -0.2) is 0 Å². The van der Waals surface area contributed by atoms with Gasteiger partial charge in [0, 0.05) is 40.4 Å². The Morgan fingerprint density at radius 3 is 1.16 bits per heavy atom. The van der Waals surface area contributed by atoms with E-state index in [2.05, 4.69) is 40.9 Å². The average Bonchev–Trinajstić information content (AvgIpc) is 0.764. The minimum atomic E-state index is -5.82.